The molecule has 6 heteroatoms. The molecule has 1 aliphatic carbocycles. The fourth-order valence-corrected chi connectivity index (χ4v) is 3.46. The van der Waals surface area contributed by atoms with Crippen LogP contribution in [-0.2, 0) is 9.59 Å². The Morgan fingerprint density at radius 2 is 1.38 bits per heavy atom. The molecule has 0 heterocycles. The molecule has 0 spiro atoms. The van der Waals surface area contributed by atoms with Crippen LogP contribution in [0.5, 0.6) is 11.5 Å². The second-order valence-corrected chi connectivity index (χ2v) is 7.70. The number of ketones is 2. The molecular weight excluding hydrogens is 428 g/mol. The van der Waals surface area contributed by atoms with Crippen LogP contribution in [0.25, 0.3) is 12.2 Å². The van der Waals surface area contributed by atoms with Crippen molar-refractivity contribution in [1.29, 1.82) is 0 Å². The number of ether oxygens (including phenoxy) is 2. The molecule has 3 rings (SSSR count). The normalized spacial score (nSPS) is 16.2. The smallest absolute Gasteiger partial charge is 0.169 e. The monoisotopic (exact) mass is 466 g/mol. The lowest BCUT2D eigenvalue weighted by atomic mass is 9.81. The number of nitrogens with one attached hydrogen (secondary N) is 2. The minimum Gasteiger partial charge on any atom is -0.496 e. The number of methoxy groups -OCH3 is 2. The molecule has 2 aromatic rings. The molecule has 6 nitrogen and oxygen atoms in total. The zero-order valence-corrected chi connectivity index (χ0v) is 21.2. The highest BCUT2D eigenvalue weighted by Gasteiger charge is 2.31. The number of hydrogen-bond acceptors (Lipinski definition) is 6. The van der Waals surface area contributed by atoms with Gasteiger partial charge in [-0.15, -0.1) is 0 Å². The Labute approximate surface area is 204 Å². The lowest BCUT2D eigenvalue weighted by Crippen LogP contribution is -2.27. The maximum atomic E-state index is 12.9. The summed E-state index contributed by atoms with van der Waals surface area (Å²) < 4.78 is 10.7. The minimum absolute atomic E-state index is 0.0909. The Hall–Kier alpha value is -3.22. The van der Waals surface area contributed by atoms with Gasteiger partial charge in [-0.1, -0.05) is 36.4 Å². The lowest BCUT2D eigenvalue weighted by molar-refractivity contribution is -0.129. The van der Waals surface area contributed by atoms with E-state index in [1.54, 1.807) is 20.3 Å². The van der Waals surface area contributed by atoms with Gasteiger partial charge in [0.15, 0.2) is 11.6 Å². The summed E-state index contributed by atoms with van der Waals surface area (Å²) in [6.07, 6.45) is 7.13. The third-order valence-corrected chi connectivity index (χ3v) is 4.95. The Bertz CT molecular complexity index is 964. The van der Waals surface area contributed by atoms with Gasteiger partial charge in [-0.2, -0.15) is 0 Å². The minimum atomic E-state index is -0.624. The van der Waals surface area contributed by atoms with Gasteiger partial charge in [0, 0.05) is 11.1 Å². The molecule has 0 radical (unpaired) electrons. The first-order valence-electron chi connectivity index (χ1n) is 11.4. The van der Waals surface area contributed by atoms with E-state index in [1.807, 2.05) is 82.8 Å². The Morgan fingerprint density at radius 3 is 1.94 bits per heavy atom. The average Bonchev–Trinajstić information content (AvgIpc) is 2.85. The van der Waals surface area contributed by atoms with Gasteiger partial charge in [0.2, 0.25) is 0 Å². The quantitative estimate of drug-likeness (QED) is 0.485. The lowest BCUT2D eigenvalue weighted by Gasteiger charge is -2.21. The predicted molar refractivity (Wildman–Crippen MR) is 140 cm³/mol. The molecule has 2 N–H and O–H groups in total. The summed E-state index contributed by atoms with van der Waals surface area (Å²) in [5.41, 5.74) is 2.34. The van der Waals surface area contributed by atoms with Crippen molar-refractivity contribution in [3.8, 4) is 11.5 Å². The van der Waals surface area contributed by atoms with E-state index in [1.165, 1.54) is 6.08 Å². The standard InChI is InChI=1S/C24H24O4.2C2H7N/c1-27-22-12-5-3-8-17(22)14-15-21(25)20-11-7-10-19(24(20)26)16-18-9-4-6-13-23(18)28-2;2*1-3-2/h3-6,8-9,12-16,20H,7,10-11H2,1-2H3;2*3H,1-2H3. The number of carbonyl (C=O) groups excluding carboxylic acids is 2. The Kier molecular flexibility index (Phi) is 13.9. The van der Waals surface area contributed by atoms with Crippen molar-refractivity contribution in [2.24, 2.45) is 5.92 Å². The molecule has 2 aromatic carbocycles. The SMILES string of the molecule is CNC.CNC.COc1ccccc1C=CC(=O)C1CCCC(=Cc2ccccc2OC)C1=O. The highest BCUT2D eigenvalue weighted by Crippen LogP contribution is 2.30. The van der Waals surface area contributed by atoms with Crippen LogP contribution in [-0.4, -0.2) is 54.0 Å². The molecule has 0 bridgehead atoms. The number of para-hydroxylation sites is 2. The molecule has 1 saturated carbocycles. The van der Waals surface area contributed by atoms with Gasteiger partial charge in [-0.25, -0.2) is 0 Å². The summed E-state index contributed by atoms with van der Waals surface area (Å²) in [4.78, 5) is 25.6. The van der Waals surface area contributed by atoms with E-state index in [9.17, 15) is 9.59 Å². The third-order valence-electron chi connectivity index (χ3n) is 4.95. The van der Waals surface area contributed by atoms with Crippen LogP contribution in [0.15, 0.2) is 60.2 Å². The van der Waals surface area contributed by atoms with E-state index in [4.69, 9.17) is 9.47 Å². The van der Waals surface area contributed by atoms with Crippen LogP contribution < -0.4 is 20.1 Å². The number of carbonyl (C=O) groups is 2. The van der Waals surface area contributed by atoms with Gasteiger partial charge in [-0.05, 0) is 83.4 Å². The van der Waals surface area contributed by atoms with Gasteiger partial charge in [0.25, 0.3) is 0 Å². The van der Waals surface area contributed by atoms with Crippen LogP contribution >= 0.6 is 0 Å². The highest BCUT2D eigenvalue weighted by atomic mass is 16.5. The summed E-state index contributed by atoms with van der Waals surface area (Å²) in [5.74, 6) is 0.527. The maximum Gasteiger partial charge on any atom is 0.169 e. The van der Waals surface area contributed by atoms with E-state index < -0.39 is 5.92 Å². The predicted octanol–water partition coefficient (Wildman–Crippen LogP) is 4.41. The van der Waals surface area contributed by atoms with Gasteiger partial charge in [-0.3, -0.25) is 9.59 Å². The first-order chi connectivity index (χ1) is 16.5. The first-order valence-corrected chi connectivity index (χ1v) is 11.4. The number of Topliss-reactive ketones (excluding diaryl/α,β-unsaturated/α-hetero) is 1. The van der Waals surface area contributed by atoms with Gasteiger partial charge in [0.1, 0.15) is 11.5 Å². The van der Waals surface area contributed by atoms with Crippen molar-refractivity contribution in [3.63, 3.8) is 0 Å². The molecule has 184 valence electrons. The van der Waals surface area contributed by atoms with Crippen LogP contribution in [0, 0.1) is 5.92 Å². The van der Waals surface area contributed by atoms with Gasteiger partial charge >= 0.3 is 0 Å². The van der Waals surface area contributed by atoms with Crippen LogP contribution in [0.2, 0.25) is 0 Å². The van der Waals surface area contributed by atoms with Crippen molar-refractivity contribution < 1.29 is 19.1 Å². The maximum absolute atomic E-state index is 12.9. The molecule has 1 unspecified atom stereocenters. The first kappa shape index (κ1) is 28.8. The molecule has 1 aliphatic rings. The fraction of sp³-hybridized carbons (Fsp3) is 0.357. The number of allylic oxidation sites excluding steroid dienone is 2. The number of rotatable bonds is 6. The molecule has 0 saturated heterocycles. The van der Waals surface area contributed by atoms with Crippen LogP contribution in [0.1, 0.15) is 30.4 Å². The van der Waals surface area contributed by atoms with Crippen molar-refractivity contribution in [3.05, 3.63) is 71.3 Å². The summed E-state index contributed by atoms with van der Waals surface area (Å²) in [5, 5.41) is 5.50. The zero-order chi connectivity index (χ0) is 25.3. The zero-order valence-electron chi connectivity index (χ0n) is 21.2. The Morgan fingerprint density at radius 1 is 0.882 bits per heavy atom. The van der Waals surface area contributed by atoms with Crippen molar-refractivity contribution >= 4 is 23.7 Å². The summed E-state index contributed by atoms with van der Waals surface area (Å²) >= 11 is 0. The van der Waals surface area contributed by atoms with E-state index in [0.717, 1.165) is 17.5 Å². The van der Waals surface area contributed by atoms with E-state index in [0.29, 0.717) is 29.9 Å². The molecule has 0 aliphatic heterocycles. The topological polar surface area (TPSA) is 76.7 Å². The van der Waals surface area contributed by atoms with E-state index in [2.05, 4.69) is 10.6 Å². The third kappa shape index (κ3) is 8.96. The van der Waals surface area contributed by atoms with Crippen molar-refractivity contribution in [2.45, 2.75) is 19.3 Å². The molecule has 0 amide bonds. The highest BCUT2D eigenvalue weighted by molar-refractivity contribution is 6.16. The molecule has 1 atom stereocenters. The summed E-state index contributed by atoms with van der Waals surface area (Å²) in [6, 6.07) is 15.0. The van der Waals surface area contributed by atoms with E-state index >= 15 is 0 Å². The second-order valence-electron chi connectivity index (χ2n) is 7.70. The molecular formula is C28H38N2O4. The fourth-order valence-electron chi connectivity index (χ4n) is 3.46. The average molecular weight is 467 g/mol. The van der Waals surface area contributed by atoms with Crippen molar-refractivity contribution in [1.82, 2.24) is 10.6 Å². The summed E-state index contributed by atoms with van der Waals surface area (Å²) in [7, 11) is 10.7. The van der Waals surface area contributed by atoms with E-state index in [-0.39, 0.29) is 11.6 Å². The van der Waals surface area contributed by atoms with Crippen LogP contribution in [0.4, 0.5) is 0 Å². The largest absolute Gasteiger partial charge is 0.496 e. The molecule has 1 fully saturated rings. The van der Waals surface area contributed by atoms with Crippen molar-refractivity contribution in [2.75, 3.05) is 42.4 Å². The van der Waals surface area contributed by atoms with Gasteiger partial charge in [0.05, 0.1) is 20.1 Å². The van der Waals surface area contributed by atoms with Gasteiger partial charge < -0.3 is 20.1 Å². The van der Waals surface area contributed by atoms with Crippen LogP contribution in [0.3, 0.4) is 0 Å². The molecule has 34 heavy (non-hydrogen) atoms. The Balaban J connectivity index is 0.000000872. The molecule has 0 aromatic heterocycles. The number of benzene rings is 2. The number of hydrogen-bond donors (Lipinski definition) is 2. The summed E-state index contributed by atoms with van der Waals surface area (Å²) in [6.45, 7) is 0. The second kappa shape index (κ2) is 16.4.